The first-order valence-electron chi connectivity index (χ1n) is 12.9. The maximum Gasteiger partial charge on any atom is 0.225 e. The van der Waals surface area contributed by atoms with Gasteiger partial charge in [-0.2, -0.15) is 5.10 Å². The fourth-order valence-electron chi connectivity index (χ4n) is 5.44. The van der Waals surface area contributed by atoms with Crippen LogP contribution in [0.25, 0.3) is 10.9 Å². The third-order valence-corrected chi connectivity index (χ3v) is 7.73. The standard InChI is InChI=1S/C27H32FN5O4/c1-31-23-13-20(4-3-17(23)14-29-31)33-8-5-18(15-33)27(35)30-22(16-32-6-2-7-32)25(34)19-11-21(28)26-24(12-19)36-9-10-37-26/h3-4,11-14,18,22,25,34H,2,5-10,15-16H2,1H3,(H,30,35). The van der Waals surface area contributed by atoms with Gasteiger partial charge in [-0.25, -0.2) is 4.39 Å². The zero-order valence-electron chi connectivity index (χ0n) is 20.9. The van der Waals surface area contributed by atoms with Crippen LogP contribution < -0.4 is 19.7 Å². The number of aromatic nitrogens is 2. The van der Waals surface area contributed by atoms with Gasteiger partial charge in [0, 0.05) is 37.8 Å². The summed E-state index contributed by atoms with van der Waals surface area (Å²) in [5.74, 6) is -0.513. The number of hydrogen-bond acceptors (Lipinski definition) is 7. The van der Waals surface area contributed by atoms with Gasteiger partial charge in [0.15, 0.2) is 17.3 Å². The minimum Gasteiger partial charge on any atom is -0.486 e. The lowest BCUT2D eigenvalue weighted by atomic mass is 9.98. The molecule has 0 aliphatic carbocycles. The molecular formula is C27H32FN5O4. The molecule has 2 aromatic carbocycles. The second kappa shape index (κ2) is 9.83. The van der Waals surface area contributed by atoms with Crippen LogP contribution in [0.15, 0.2) is 36.5 Å². The monoisotopic (exact) mass is 509 g/mol. The molecular weight excluding hydrogens is 477 g/mol. The van der Waals surface area contributed by atoms with E-state index in [1.165, 1.54) is 6.07 Å². The van der Waals surface area contributed by atoms with Gasteiger partial charge < -0.3 is 29.7 Å². The molecule has 4 heterocycles. The van der Waals surface area contributed by atoms with Crippen LogP contribution >= 0.6 is 0 Å². The molecule has 6 rings (SSSR count). The van der Waals surface area contributed by atoms with Gasteiger partial charge in [0.2, 0.25) is 5.91 Å². The van der Waals surface area contributed by atoms with Crippen LogP contribution in [0.5, 0.6) is 11.5 Å². The highest BCUT2D eigenvalue weighted by Crippen LogP contribution is 2.36. The molecule has 10 heteroatoms. The Bertz CT molecular complexity index is 1310. The normalized spacial score (nSPS) is 21.1. The van der Waals surface area contributed by atoms with Crippen molar-refractivity contribution in [3.8, 4) is 11.5 Å². The number of aliphatic hydroxyl groups excluding tert-OH is 1. The number of carbonyl (C=O) groups excluding carboxylic acids is 1. The quantitative estimate of drug-likeness (QED) is 0.505. The van der Waals surface area contributed by atoms with Crippen LogP contribution in [0, 0.1) is 11.7 Å². The van der Waals surface area contributed by atoms with Crippen LogP contribution in [0.3, 0.4) is 0 Å². The molecule has 196 valence electrons. The Morgan fingerprint density at radius 3 is 2.86 bits per heavy atom. The lowest BCUT2D eigenvalue weighted by Crippen LogP contribution is -2.52. The molecule has 3 unspecified atom stereocenters. The van der Waals surface area contributed by atoms with Crippen molar-refractivity contribution in [1.29, 1.82) is 0 Å². The number of aryl methyl sites for hydroxylation is 1. The molecule has 3 atom stereocenters. The van der Waals surface area contributed by atoms with E-state index in [9.17, 15) is 14.3 Å². The summed E-state index contributed by atoms with van der Waals surface area (Å²) in [7, 11) is 1.92. The molecule has 0 radical (unpaired) electrons. The highest BCUT2D eigenvalue weighted by Gasteiger charge is 2.34. The molecule has 0 saturated carbocycles. The molecule has 37 heavy (non-hydrogen) atoms. The first-order chi connectivity index (χ1) is 18.0. The third-order valence-electron chi connectivity index (χ3n) is 7.73. The number of anilines is 1. The van der Waals surface area contributed by atoms with Crippen LogP contribution in [-0.2, 0) is 11.8 Å². The zero-order chi connectivity index (χ0) is 25.5. The number of nitrogens with one attached hydrogen (secondary N) is 1. The predicted molar refractivity (Wildman–Crippen MR) is 136 cm³/mol. The van der Waals surface area contributed by atoms with Crippen LogP contribution in [0.4, 0.5) is 10.1 Å². The van der Waals surface area contributed by atoms with Gasteiger partial charge in [0.1, 0.15) is 19.3 Å². The third kappa shape index (κ3) is 4.71. The Morgan fingerprint density at radius 2 is 2.05 bits per heavy atom. The van der Waals surface area contributed by atoms with Gasteiger partial charge in [0.05, 0.1) is 23.7 Å². The number of amides is 1. The number of rotatable bonds is 7. The van der Waals surface area contributed by atoms with E-state index in [1.54, 1.807) is 6.07 Å². The number of halogens is 1. The second-order valence-electron chi connectivity index (χ2n) is 10.2. The number of hydrogen-bond donors (Lipinski definition) is 2. The fourth-order valence-corrected chi connectivity index (χ4v) is 5.44. The summed E-state index contributed by atoms with van der Waals surface area (Å²) in [4.78, 5) is 17.8. The van der Waals surface area contributed by atoms with Crippen molar-refractivity contribution in [3.05, 3.63) is 47.9 Å². The number of aliphatic hydroxyl groups is 1. The molecule has 3 aliphatic heterocycles. The van der Waals surface area contributed by atoms with E-state index < -0.39 is 18.0 Å². The molecule has 1 amide bonds. The topological polar surface area (TPSA) is 92.1 Å². The molecule has 2 fully saturated rings. The average molecular weight is 510 g/mol. The van der Waals surface area contributed by atoms with E-state index in [2.05, 4.69) is 38.4 Å². The van der Waals surface area contributed by atoms with Gasteiger partial charge in [0.25, 0.3) is 0 Å². The van der Waals surface area contributed by atoms with Crippen molar-refractivity contribution in [1.82, 2.24) is 20.0 Å². The smallest absolute Gasteiger partial charge is 0.225 e. The van der Waals surface area contributed by atoms with Crippen LogP contribution in [0.2, 0.25) is 0 Å². The minimum atomic E-state index is -1.08. The predicted octanol–water partition coefficient (Wildman–Crippen LogP) is 2.23. The van der Waals surface area contributed by atoms with Crippen molar-refractivity contribution in [2.45, 2.75) is 25.0 Å². The summed E-state index contributed by atoms with van der Waals surface area (Å²) < 4.78 is 27.5. The van der Waals surface area contributed by atoms with Crippen molar-refractivity contribution in [3.63, 3.8) is 0 Å². The highest BCUT2D eigenvalue weighted by atomic mass is 19.1. The van der Waals surface area contributed by atoms with Crippen molar-refractivity contribution >= 4 is 22.5 Å². The highest BCUT2D eigenvalue weighted by molar-refractivity contribution is 5.84. The number of likely N-dealkylation sites (tertiary alicyclic amines) is 1. The summed E-state index contributed by atoms with van der Waals surface area (Å²) in [6.45, 7) is 4.31. The van der Waals surface area contributed by atoms with Gasteiger partial charge in [-0.05, 0) is 61.8 Å². The molecule has 0 spiro atoms. The van der Waals surface area contributed by atoms with Crippen molar-refractivity contribution in [2.75, 3.05) is 50.8 Å². The van der Waals surface area contributed by atoms with E-state index in [-0.39, 0.29) is 29.9 Å². The number of carbonyl (C=O) groups is 1. The van der Waals surface area contributed by atoms with E-state index in [4.69, 9.17) is 9.47 Å². The summed E-state index contributed by atoms with van der Waals surface area (Å²) in [6, 6.07) is 8.54. The summed E-state index contributed by atoms with van der Waals surface area (Å²) in [5.41, 5.74) is 2.48. The Hall–Kier alpha value is -3.37. The lowest BCUT2D eigenvalue weighted by molar-refractivity contribution is -0.126. The molecule has 0 bridgehead atoms. The second-order valence-corrected chi connectivity index (χ2v) is 10.2. The Morgan fingerprint density at radius 1 is 1.22 bits per heavy atom. The Labute approximate surface area is 214 Å². The van der Waals surface area contributed by atoms with Crippen LogP contribution in [0.1, 0.15) is 24.5 Å². The average Bonchev–Trinajstić information content (AvgIpc) is 3.52. The number of nitrogens with zero attached hydrogens (tertiary/aromatic N) is 4. The summed E-state index contributed by atoms with van der Waals surface area (Å²) in [5, 5.41) is 19.8. The molecule has 2 saturated heterocycles. The maximum absolute atomic E-state index is 14.7. The van der Waals surface area contributed by atoms with Crippen molar-refractivity contribution in [2.24, 2.45) is 13.0 Å². The van der Waals surface area contributed by atoms with Gasteiger partial charge in [-0.3, -0.25) is 9.48 Å². The summed E-state index contributed by atoms with van der Waals surface area (Å²) in [6.07, 6.45) is 2.57. The minimum absolute atomic E-state index is 0.0703. The molecule has 9 nitrogen and oxygen atoms in total. The molecule has 1 aromatic heterocycles. The van der Waals surface area contributed by atoms with Crippen molar-refractivity contribution < 1.29 is 23.8 Å². The number of benzene rings is 2. The Balaban J connectivity index is 1.16. The first kappa shape index (κ1) is 24.0. The molecule has 2 N–H and O–H groups in total. The van der Waals surface area contributed by atoms with E-state index >= 15 is 0 Å². The van der Waals surface area contributed by atoms with Gasteiger partial charge in [-0.1, -0.05) is 0 Å². The van der Waals surface area contributed by atoms with E-state index in [0.717, 1.165) is 49.1 Å². The first-order valence-corrected chi connectivity index (χ1v) is 12.9. The molecule has 3 aromatic rings. The van der Waals surface area contributed by atoms with Crippen LogP contribution in [-0.4, -0.2) is 77.7 Å². The van der Waals surface area contributed by atoms with Gasteiger partial charge >= 0.3 is 0 Å². The molecule has 3 aliphatic rings. The summed E-state index contributed by atoms with van der Waals surface area (Å²) >= 11 is 0. The zero-order valence-corrected chi connectivity index (χ0v) is 20.9. The number of ether oxygens (including phenoxy) is 2. The van der Waals surface area contributed by atoms with E-state index in [0.29, 0.717) is 25.3 Å². The maximum atomic E-state index is 14.7. The Kier molecular flexibility index (Phi) is 6.37. The largest absolute Gasteiger partial charge is 0.486 e. The fraction of sp³-hybridized carbons (Fsp3) is 0.481. The SMILES string of the molecule is Cn1ncc2ccc(N3CCC(C(=O)NC(CN4CCC4)C(O)c4cc(F)c5c(c4)OCCO5)C3)cc21. The van der Waals surface area contributed by atoms with E-state index in [1.807, 2.05) is 17.9 Å². The number of fused-ring (bicyclic) bond motifs is 2. The lowest BCUT2D eigenvalue weighted by Gasteiger charge is -2.36. The van der Waals surface area contributed by atoms with Gasteiger partial charge in [-0.15, -0.1) is 0 Å².